The summed E-state index contributed by atoms with van der Waals surface area (Å²) < 4.78 is 12.0. The molecule has 0 spiro atoms. The molecule has 40 heavy (non-hydrogen) atoms. The number of amides is 5. The average Bonchev–Trinajstić information content (AvgIpc) is 2.91. The first-order valence-electron chi connectivity index (χ1n) is 12.6. The molecule has 214 valence electrons. The highest BCUT2D eigenvalue weighted by Gasteiger charge is 2.32. The summed E-state index contributed by atoms with van der Waals surface area (Å²) >= 11 is 0. The van der Waals surface area contributed by atoms with E-state index in [2.05, 4.69) is 26.6 Å². The Kier molecular flexibility index (Phi) is 10.8. The van der Waals surface area contributed by atoms with E-state index in [1.807, 2.05) is 6.07 Å². The van der Waals surface area contributed by atoms with Crippen molar-refractivity contribution in [3.05, 3.63) is 65.7 Å². The van der Waals surface area contributed by atoms with Gasteiger partial charge in [0.25, 0.3) is 0 Å². The van der Waals surface area contributed by atoms with Gasteiger partial charge in [-0.3, -0.25) is 28.2 Å². The third-order valence-corrected chi connectivity index (χ3v) is 6.96. The number of hydrogen-bond donors (Lipinski definition) is 6. The van der Waals surface area contributed by atoms with Gasteiger partial charge in [0, 0.05) is 29.9 Å². The van der Waals surface area contributed by atoms with Crippen LogP contribution < -0.4 is 26.6 Å². The number of aromatic hydroxyl groups is 1. The second kappa shape index (κ2) is 14.2. The van der Waals surface area contributed by atoms with Gasteiger partial charge in [0.1, 0.15) is 29.9 Å². The van der Waals surface area contributed by atoms with Crippen LogP contribution in [0.1, 0.15) is 18.1 Å². The summed E-state index contributed by atoms with van der Waals surface area (Å²) in [4.78, 5) is 65.1. The van der Waals surface area contributed by atoms with Gasteiger partial charge in [0.15, 0.2) is 0 Å². The molecule has 1 aliphatic rings. The molecule has 5 atom stereocenters. The summed E-state index contributed by atoms with van der Waals surface area (Å²) in [6.07, 6.45) is 1.46. The highest BCUT2D eigenvalue weighted by atomic mass is 32.2. The fourth-order valence-electron chi connectivity index (χ4n) is 4.04. The van der Waals surface area contributed by atoms with Crippen molar-refractivity contribution in [2.45, 2.75) is 43.9 Å². The van der Waals surface area contributed by atoms with E-state index in [-0.39, 0.29) is 24.3 Å². The molecule has 1 fully saturated rings. The van der Waals surface area contributed by atoms with Crippen LogP contribution in [0.15, 0.2) is 54.6 Å². The largest absolute Gasteiger partial charge is 0.508 e. The Morgan fingerprint density at radius 3 is 1.85 bits per heavy atom. The summed E-state index contributed by atoms with van der Waals surface area (Å²) in [7, 11) is -1.50. The Hall–Kier alpha value is -4.26. The number of carbonyl (C=O) groups is 5. The van der Waals surface area contributed by atoms with Crippen molar-refractivity contribution >= 4 is 40.3 Å². The van der Waals surface area contributed by atoms with E-state index < -0.39 is 71.0 Å². The Labute approximate surface area is 234 Å². The van der Waals surface area contributed by atoms with Crippen LogP contribution in [0.5, 0.6) is 5.75 Å². The smallest absolute Gasteiger partial charge is 0.244 e. The molecule has 0 aliphatic carbocycles. The molecule has 2 aromatic rings. The van der Waals surface area contributed by atoms with Crippen LogP contribution in [0, 0.1) is 0 Å². The summed E-state index contributed by atoms with van der Waals surface area (Å²) in [6, 6.07) is 10.3. The van der Waals surface area contributed by atoms with Gasteiger partial charge in [0.2, 0.25) is 29.5 Å². The minimum Gasteiger partial charge on any atom is -0.508 e. The van der Waals surface area contributed by atoms with Gasteiger partial charge in [-0.2, -0.15) is 0 Å². The summed E-state index contributed by atoms with van der Waals surface area (Å²) in [5, 5.41) is 22.4. The minimum absolute atomic E-state index is 0.0101. The van der Waals surface area contributed by atoms with Gasteiger partial charge in [-0.15, -0.1) is 0 Å². The van der Waals surface area contributed by atoms with Crippen molar-refractivity contribution in [1.82, 2.24) is 26.6 Å². The molecule has 2 aromatic carbocycles. The van der Waals surface area contributed by atoms with E-state index in [9.17, 15) is 33.3 Å². The number of carbonyl (C=O) groups excluding carboxylic acids is 5. The fraction of sp³-hybridized carbons (Fsp3) is 0.370. The Balaban J connectivity index is 1.97. The topological polar surface area (TPSA) is 183 Å². The van der Waals surface area contributed by atoms with Crippen LogP contribution in [0.4, 0.5) is 0 Å². The van der Waals surface area contributed by atoms with Gasteiger partial charge in [-0.25, -0.2) is 0 Å². The number of nitrogens with one attached hydrogen (secondary N) is 5. The van der Waals surface area contributed by atoms with E-state index in [0.29, 0.717) is 5.56 Å². The highest BCUT2D eigenvalue weighted by Crippen LogP contribution is 2.12. The quantitative estimate of drug-likeness (QED) is 0.248. The van der Waals surface area contributed by atoms with E-state index in [1.165, 1.54) is 25.3 Å². The zero-order valence-electron chi connectivity index (χ0n) is 22.1. The molecule has 13 heteroatoms. The fourth-order valence-corrected chi connectivity index (χ4v) is 4.75. The van der Waals surface area contributed by atoms with E-state index in [4.69, 9.17) is 0 Å². The minimum atomic E-state index is -1.50. The number of benzene rings is 2. The predicted molar refractivity (Wildman–Crippen MR) is 147 cm³/mol. The summed E-state index contributed by atoms with van der Waals surface area (Å²) in [5.74, 6) is -3.66. The molecule has 12 nitrogen and oxygen atoms in total. The lowest BCUT2D eigenvalue weighted by Crippen LogP contribution is -2.59. The maximum atomic E-state index is 13.5. The standard InChI is InChI=1S/C27H33N5O7S/c1-16-24(35)28-14-23(34)30-20(12-17-6-4-3-5-7-17)25(36)31-21(13-18-8-10-19(33)11-9-18)26(37)32-22(15-40(2)39)27(38)29-16/h3-11,16,20-22,33H,12-15H2,1-2H3,(H,28,35)(H,29,38)(H,30,34)(H,31,36)(H,32,37)/t16-,20-,21-,22-,40?/m0/s1. The lowest BCUT2D eigenvalue weighted by molar-refractivity contribution is -0.133. The first-order chi connectivity index (χ1) is 19.0. The Morgan fingerprint density at radius 1 is 0.725 bits per heavy atom. The number of hydrogen-bond acceptors (Lipinski definition) is 7. The monoisotopic (exact) mass is 571 g/mol. The molecule has 5 amide bonds. The summed E-state index contributed by atoms with van der Waals surface area (Å²) in [5.41, 5.74) is 1.35. The van der Waals surface area contributed by atoms with Crippen molar-refractivity contribution in [3.8, 4) is 5.75 Å². The summed E-state index contributed by atoms with van der Waals surface area (Å²) in [6.45, 7) is 0.954. The molecule has 0 aromatic heterocycles. The van der Waals surface area contributed by atoms with Gasteiger partial charge in [-0.05, 0) is 30.2 Å². The van der Waals surface area contributed by atoms with Crippen LogP contribution in [0.2, 0.25) is 0 Å². The second-order valence-electron chi connectivity index (χ2n) is 9.49. The number of rotatable bonds is 6. The van der Waals surface area contributed by atoms with Crippen molar-refractivity contribution in [2.24, 2.45) is 0 Å². The lowest BCUT2D eigenvalue weighted by atomic mass is 10.0. The molecule has 1 unspecified atom stereocenters. The van der Waals surface area contributed by atoms with Crippen LogP contribution in [-0.4, -0.2) is 81.6 Å². The average molecular weight is 572 g/mol. The zero-order valence-corrected chi connectivity index (χ0v) is 23.0. The molecule has 0 radical (unpaired) electrons. The predicted octanol–water partition coefficient (Wildman–Crippen LogP) is -1.36. The van der Waals surface area contributed by atoms with Crippen LogP contribution >= 0.6 is 0 Å². The molecule has 6 N–H and O–H groups in total. The van der Waals surface area contributed by atoms with E-state index in [1.54, 1.807) is 36.4 Å². The van der Waals surface area contributed by atoms with Gasteiger partial charge in [0.05, 0.1) is 12.3 Å². The normalized spacial score (nSPS) is 23.8. The van der Waals surface area contributed by atoms with Crippen molar-refractivity contribution in [2.75, 3.05) is 18.6 Å². The maximum absolute atomic E-state index is 13.5. The molecular formula is C27H33N5O7S. The second-order valence-corrected chi connectivity index (χ2v) is 11.0. The first-order valence-corrected chi connectivity index (χ1v) is 14.3. The van der Waals surface area contributed by atoms with Crippen LogP contribution in [-0.2, 0) is 47.6 Å². The highest BCUT2D eigenvalue weighted by molar-refractivity contribution is 7.84. The van der Waals surface area contributed by atoms with Crippen LogP contribution in [0.25, 0.3) is 0 Å². The van der Waals surface area contributed by atoms with Crippen molar-refractivity contribution in [1.29, 1.82) is 0 Å². The lowest BCUT2D eigenvalue weighted by Gasteiger charge is -2.25. The van der Waals surface area contributed by atoms with Gasteiger partial charge in [-0.1, -0.05) is 42.5 Å². The zero-order chi connectivity index (χ0) is 29.2. The van der Waals surface area contributed by atoms with E-state index in [0.717, 1.165) is 5.56 Å². The molecule has 3 rings (SSSR count). The van der Waals surface area contributed by atoms with Gasteiger partial charge < -0.3 is 31.7 Å². The molecular weight excluding hydrogens is 538 g/mol. The Bertz CT molecular complexity index is 1260. The maximum Gasteiger partial charge on any atom is 0.244 e. The van der Waals surface area contributed by atoms with Gasteiger partial charge >= 0.3 is 0 Å². The number of phenolic OH excluding ortho intramolecular Hbond substituents is 1. The SMILES string of the molecule is C[C@@H]1NC(=O)[C@H](CS(C)=O)NC(=O)[C@H](Cc2ccc(O)cc2)NC(=O)[C@H](Cc2ccccc2)NC(=O)CNC1=O. The van der Waals surface area contributed by atoms with Crippen molar-refractivity contribution < 1.29 is 33.3 Å². The molecule has 1 saturated heterocycles. The molecule has 0 saturated carbocycles. The van der Waals surface area contributed by atoms with Crippen LogP contribution in [0.3, 0.4) is 0 Å². The molecule has 1 heterocycles. The Morgan fingerprint density at radius 2 is 1.25 bits per heavy atom. The van der Waals surface area contributed by atoms with E-state index >= 15 is 0 Å². The first kappa shape index (κ1) is 30.3. The third-order valence-electron chi connectivity index (χ3n) is 6.15. The molecule has 1 aliphatic heterocycles. The third kappa shape index (κ3) is 9.19. The number of phenols is 1. The molecule has 0 bridgehead atoms. The van der Waals surface area contributed by atoms with Crippen molar-refractivity contribution in [3.63, 3.8) is 0 Å².